The number of aromatic nitrogens is 5. The van der Waals surface area contributed by atoms with Crippen molar-refractivity contribution >= 4 is 16.6 Å². The minimum Gasteiger partial charge on any atom is -0.497 e. The molecule has 0 saturated carbocycles. The molecule has 0 aliphatic carbocycles. The smallest absolute Gasteiger partial charge is 0.344 e. The maximum absolute atomic E-state index is 13.6. The molecule has 7 rings (SSSR count). The first-order valence-electron chi connectivity index (χ1n) is 11.8. The summed E-state index contributed by atoms with van der Waals surface area (Å²) >= 11 is 0. The standard InChI is InChI=1S/C28H19N5O5/c1-35-16-7-8-17(20(13-16)36-2)21-22-24(18-5-3-4-6-19(18)37-28(22)34)38-27-23(21)26-31-25(32-33(26)14-30-27)15-9-11-29-12-10-15/h3-14,21H,1-2H3. The summed E-state index contributed by atoms with van der Waals surface area (Å²) in [4.78, 5) is 27.1. The van der Waals surface area contributed by atoms with Crippen molar-refractivity contribution in [3.05, 3.63) is 100 Å². The second kappa shape index (κ2) is 8.41. The zero-order valence-electron chi connectivity index (χ0n) is 20.3. The monoisotopic (exact) mass is 505 g/mol. The van der Waals surface area contributed by atoms with Gasteiger partial charge in [-0.05, 0) is 30.3 Å². The van der Waals surface area contributed by atoms with Crippen LogP contribution in [0.5, 0.6) is 23.1 Å². The highest BCUT2D eigenvalue weighted by Crippen LogP contribution is 2.50. The number of para-hydroxylation sites is 1. The van der Waals surface area contributed by atoms with Gasteiger partial charge in [-0.2, -0.15) is 0 Å². The molecule has 0 fully saturated rings. The molecule has 186 valence electrons. The predicted molar refractivity (Wildman–Crippen MR) is 137 cm³/mol. The maximum Gasteiger partial charge on any atom is 0.344 e. The van der Waals surface area contributed by atoms with E-state index < -0.39 is 11.5 Å². The number of pyridine rings is 1. The lowest BCUT2D eigenvalue weighted by Crippen LogP contribution is -2.22. The molecule has 10 heteroatoms. The largest absolute Gasteiger partial charge is 0.497 e. The number of ether oxygens (including phenoxy) is 3. The summed E-state index contributed by atoms with van der Waals surface area (Å²) in [6, 6.07) is 16.3. The summed E-state index contributed by atoms with van der Waals surface area (Å²) in [6.07, 6.45) is 4.90. The molecule has 0 N–H and O–H groups in total. The number of nitrogens with zero attached hydrogens (tertiary/aromatic N) is 5. The molecule has 2 aromatic carbocycles. The lowest BCUT2D eigenvalue weighted by atomic mass is 9.83. The number of benzene rings is 2. The van der Waals surface area contributed by atoms with E-state index in [0.717, 1.165) is 5.56 Å². The Morgan fingerprint density at radius 1 is 0.974 bits per heavy atom. The molecule has 10 nitrogen and oxygen atoms in total. The zero-order chi connectivity index (χ0) is 25.8. The van der Waals surface area contributed by atoms with E-state index in [1.54, 1.807) is 55.7 Å². The highest BCUT2D eigenvalue weighted by molar-refractivity contribution is 5.87. The highest BCUT2D eigenvalue weighted by atomic mass is 16.5. The Morgan fingerprint density at radius 3 is 2.63 bits per heavy atom. The van der Waals surface area contributed by atoms with Crippen LogP contribution in [-0.4, -0.2) is 38.8 Å². The first-order chi connectivity index (χ1) is 18.7. The summed E-state index contributed by atoms with van der Waals surface area (Å²) in [7, 11) is 3.15. The number of hydrogen-bond acceptors (Lipinski definition) is 9. The van der Waals surface area contributed by atoms with Crippen molar-refractivity contribution < 1.29 is 18.6 Å². The third-order valence-corrected chi connectivity index (χ3v) is 6.65. The lowest BCUT2D eigenvalue weighted by Gasteiger charge is -2.28. The van der Waals surface area contributed by atoms with E-state index in [0.29, 0.717) is 62.3 Å². The number of rotatable bonds is 4. The fourth-order valence-electron chi connectivity index (χ4n) is 4.92. The van der Waals surface area contributed by atoms with Crippen molar-refractivity contribution in [1.29, 1.82) is 0 Å². The van der Waals surface area contributed by atoms with E-state index in [-0.39, 0.29) is 0 Å². The number of hydrogen-bond donors (Lipinski definition) is 0. The highest BCUT2D eigenvalue weighted by Gasteiger charge is 2.39. The van der Waals surface area contributed by atoms with Gasteiger partial charge in [-0.1, -0.05) is 18.2 Å². The van der Waals surface area contributed by atoms with E-state index in [1.165, 1.54) is 0 Å². The van der Waals surface area contributed by atoms with Crippen molar-refractivity contribution in [3.63, 3.8) is 0 Å². The fourth-order valence-corrected chi connectivity index (χ4v) is 4.92. The van der Waals surface area contributed by atoms with Gasteiger partial charge in [0.05, 0.1) is 36.7 Å². The van der Waals surface area contributed by atoms with Crippen LogP contribution in [0.15, 0.2) is 82.5 Å². The molecule has 0 saturated heterocycles. The zero-order valence-corrected chi connectivity index (χ0v) is 20.3. The van der Waals surface area contributed by atoms with Crippen molar-refractivity contribution in [2.75, 3.05) is 14.2 Å². The first-order valence-corrected chi connectivity index (χ1v) is 11.8. The first kappa shape index (κ1) is 22.0. The third-order valence-electron chi connectivity index (χ3n) is 6.65. The van der Waals surface area contributed by atoms with Crippen LogP contribution in [-0.2, 0) is 0 Å². The van der Waals surface area contributed by atoms with Crippen LogP contribution in [0.1, 0.15) is 22.6 Å². The molecule has 1 unspecified atom stereocenters. The molecule has 1 aliphatic heterocycles. The molecule has 0 radical (unpaired) electrons. The molecule has 0 bridgehead atoms. The van der Waals surface area contributed by atoms with Crippen LogP contribution in [0.2, 0.25) is 0 Å². The minimum absolute atomic E-state index is 0.317. The van der Waals surface area contributed by atoms with E-state index in [1.807, 2.05) is 36.4 Å². The Labute approximate surface area is 215 Å². The number of methoxy groups -OCH3 is 2. The molecular weight excluding hydrogens is 486 g/mol. The summed E-state index contributed by atoms with van der Waals surface area (Å²) < 4.78 is 24.9. The summed E-state index contributed by atoms with van der Waals surface area (Å²) in [5.74, 6) is 1.65. The van der Waals surface area contributed by atoms with E-state index in [4.69, 9.17) is 23.6 Å². The van der Waals surface area contributed by atoms with Crippen LogP contribution >= 0.6 is 0 Å². The molecule has 4 aromatic heterocycles. The second-order valence-corrected chi connectivity index (χ2v) is 8.67. The van der Waals surface area contributed by atoms with Gasteiger partial charge in [-0.3, -0.25) is 4.98 Å². The molecular formula is C28H19N5O5. The molecule has 5 heterocycles. The van der Waals surface area contributed by atoms with Crippen molar-refractivity contribution in [1.82, 2.24) is 24.6 Å². The summed E-state index contributed by atoms with van der Waals surface area (Å²) in [5, 5.41) is 5.28. The van der Waals surface area contributed by atoms with Crippen molar-refractivity contribution in [2.45, 2.75) is 5.92 Å². The van der Waals surface area contributed by atoms with Gasteiger partial charge in [0.15, 0.2) is 17.2 Å². The molecule has 0 spiro atoms. The van der Waals surface area contributed by atoms with Gasteiger partial charge in [0.2, 0.25) is 5.88 Å². The van der Waals surface area contributed by atoms with Gasteiger partial charge in [-0.15, -0.1) is 5.10 Å². The Kier molecular flexibility index (Phi) is 4.87. The Morgan fingerprint density at radius 2 is 1.82 bits per heavy atom. The van der Waals surface area contributed by atoms with Gasteiger partial charge in [0.25, 0.3) is 0 Å². The normalized spacial score (nSPS) is 14.1. The van der Waals surface area contributed by atoms with Crippen molar-refractivity contribution in [2.24, 2.45) is 0 Å². The third kappa shape index (κ3) is 3.23. The average Bonchev–Trinajstić information content (AvgIpc) is 3.41. The fraction of sp³-hybridized carbons (Fsp3) is 0.107. The Bertz CT molecular complexity index is 1920. The maximum atomic E-state index is 13.6. The van der Waals surface area contributed by atoms with Crippen LogP contribution in [0.4, 0.5) is 0 Å². The molecule has 0 amide bonds. The molecule has 1 aliphatic rings. The average molecular weight is 505 g/mol. The summed E-state index contributed by atoms with van der Waals surface area (Å²) in [6.45, 7) is 0. The van der Waals surface area contributed by atoms with E-state index in [2.05, 4.69) is 15.1 Å². The lowest BCUT2D eigenvalue weighted by molar-refractivity contribution is 0.387. The predicted octanol–water partition coefficient (Wildman–Crippen LogP) is 4.60. The topological polar surface area (TPSA) is 114 Å². The van der Waals surface area contributed by atoms with Crippen LogP contribution < -0.4 is 19.8 Å². The van der Waals surface area contributed by atoms with Gasteiger partial charge >= 0.3 is 5.63 Å². The van der Waals surface area contributed by atoms with Crippen LogP contribution in [0.25, 0.3) is 28.0 Å². The quantitative estimate of drug-likeness (QED) is 0.317. The van der Waals surface area contributed by atoms with Crippen molar-refractivity contribution in [3.8, 4) is 34.5 Å². The number of fused-ring (bicyclic) bond motifs is 6. The van der Waals surface area contributed by atoms with Gasteiger partial charge < -0.3 is 18.6 Å². The molecule has 38 heavy (non-hydrogen) atoms. The molecule has 6 aromatic rings. The van der Waals surface area contributed by atoms with E-state index in [9.17, 15) is 4.79 Å². The van der Waals surface area contributed by atoms with Gasteiger partial charge in [0, 0.05) is 29.6 Å². The minimum atomic E-state index is -0.679. The van der Waals surface area contributed by atoms with E-state index >= 15 is 0 Å². The Hall–Kier alpha value is -5.25. The Balaban J connectivity index is 1.57. The van der Waals surface area contributed by atoms with Crippen LogP contribution in [0, 0.1) is 0 Å². The van der Waals surface area contributed by atoms with Crippen LogP contribution in [0.3, 0.4) is 0 Å². The van der Waals surface area contributed by atoms with Gasteiger partial charge in [-0.25, -0.2) is 19.3 Å². The molecule has 1 atom stereocenters. The SMILES string of the molecule is COc1ccc(C2c3c(c4ccccc4oc3=O)Oc3ncn4nc(-c5ccncc5)nc4c32)c(OC)c1. The summed E-state index contributed by atoms with van der Waals surface area (Å²) in [5.41, 5.74) is 2.76. The van der Waals surface area contributed by atoms with Gasteiger partial charge in [0.1, 0.15) is 23.4 Å². The second-order valence-electron chi connectivity index (χ2n) is 8.67.